The molecular formula is C10H19N3O2. The Kier molecular flexibility index (Phi) is 4.08. The summed E-state index contributed by atoms with van der Waals surface area (Å²) in [7, 11) is 3.67. The van der Waals surface area contributed by atoms with Crippen LogP contribution >= 0.6 is 0 Å². The molecule has 0 aromatic heterocycles. The number of carbonyl (C=O) groups excluding carboxylic acids is 2. The summed E-state index contributed by atoms with van der Waals surface area (Å²) in [5.74, 6) is -0.398. The Labute approximate surface area is 90.2 Å². The second kappa shape index (κ2) is 5.11. The van der Waals surface area contributed by atoms with Crippen molar-refractivity contribution in [2.45, 2.75) is 25.3 Å². The molecule has 1 aliphatic heterocycles. The molecule has 2 N–H and O–H groups in total. The van der Waals surface area contributed by atoms with E-state index in [9.17, 15) is 9.59 Å². The zero-order valence-corrected chi connectivity index (χ0v) is 9.40. The van der Waals surface area contributed by atoms with Gasteiger partial charge in [-0.05, 0) is 33.4 Å². The molecular weight excluding hydrogens is 194 g/mol. The van der Waals surface area contributed by atoms with Gasteiger partial charge in [0.05, 0.1) is 6.54 Å². The van der Waals surface area contributed by atoms with Gasteiger partial charge >= 0.3 is 0 Å². The van der Waals surface area contributed by atoms with Crippen LogP contribution in [0.4, 0.5) is 0 Å². The normalized spacial score (nSPS) is 21.8. The zero-order valence-electron chi connectivity index (χ0n) is 9.40. The highest BCUT2D eigenvalue weighted by Crippen LogP contribution is 2.16. The van der Waals surface area contributed by atoms with Gasteiger partial charge in [0.15, 0.2) is 0 Å². The molecule has 0 aliphatic carbocycles. The molecule has 1 rings (SSSR count). The molecule has 0 radical (unpaired) electrons. The van der Waals surface area contributed by atoms with Crippen LogP contribution in [0.1, 0.15) is 19.3 Å². The molecule has 0 bridgehead atoms. The van der Waals surface area contributed by atoms with E-state index in [1.165, 1.54) is 0 Å². The van der Waals surface area contributed by atoms with Crippen molar-refractivity contribution >= 4 is 11.8 Å². The van der Waals surface area contributed by atoms with E-state index in [1.807, 2.05) is 14.1 Å². The number of hydrogen-bond donors (Lipinski definition) is 1. The van der Waals surface area contributed by atoms with Gasteiger partial charge in [-0.3, -0.25) is 9.59 Å². The first-order valence-electron chi connectivity index (χ1n) is 5.26. The SMILES string of the molecule is CN(C)CC(=O)N1CCCC[C@H]1C(N)=O. The van der Waals surface area contributed by atoms with Gasteiger partial charge in [0.1, 0.15) is 6.04 Å². The molecule has 0 aromatic carbocycles. The zero-order chi connectivity index (χ0) is 11.4. The van der Waals surface area contributed by atoms with Crippen LogP contribution in [0.3, 0.4) is 0 Å². The van der Waals surface area contributed by atoms with Crippen LogP contribution in [0, 0.1) is 0 Å². The topological polar surface area (TPSA) is 66.6 Å². The Morgan fingerprint density at radius 2 is 2.07 bits per heavy atom. The lowest BCUT2D eigenvalue weighted by atomic mass is 10.0. The van der Waals surface area contributed by atoms with Crippen molar-refractivity contribution in [2.24, 2.45) is 5.73 Å². The van der Waals surface area contributed by atoms with E-state index in [0.29, 0.717) is 19.5 Å². The fraction of sp³-hybridized carbons (Fsp3) is 0.800. The first-order chi connectivity index (χ1) is 7.02. The maximum atomic E-state index is 11.8. The molecule has 0 saturated carbocycles. The average Bonchev–Trinajstić information content (AvgIpc) is 2.16. The van der Waals surface area contributed by atoms with Crippen LogP contribution < -0.4 is 5.73 Å². The summed E-state index contributed by atoms with van der Waals surface area (Å²) in [5, 5.41) is 0. The predicted molar refractivity (Wildman–Crippen MR) is 57.1 cm³/mol. The predicted octanol–water partition coefficient (Wildman–Crippen LogP) is -0.586. The van der Waals surface area contributed by atoms with Crippen molar-refractivity contribution in [1.29, 1.82) is 0 Å². The number of amides is 2. The first kappa shape index (κ1) is 12.0. The molecule has 15 heavy (non-hydrogen) atoms. The van der Waals surface area contributed by atoms with Gasteiger partial charge < -0.3 is 15.5 Å². The summed E-state index contributed by atoms with van der Waals surface area (Å²) in [6, 6.07) is -0.397. The Morgan fingerprint density at radius 1 is 1.40 bits per heavy atom. The van der Waals surface area contributed by atoms with Gasteiger partial charge in [0.25, 0.3) is 0 Å². The van der Waals surface area contributed by atoms with Crippen LogP contribution in [-0.2, 0) is 9.59 Å². The molecule has 5 heteroatoms. The summed E-state index contributed by atoms with van der Waals surface area (Å²) >= 11 is 0. The van der Waals surface area contributed by atoms with Crippen LogP contribution in [0.5, 0.6) is 0 Å². The maximum absolute atomic E-state index is 11.8. The third-order valence-corrected chi connectivity index (χ3v) is 2.60. The highest BCUT2D eigenvalue weighted by Gasteiger charge is 2.30. The number of carbonyl (C=O) groups is 2. The minimum absolute atomic E-state index is 0.0106. The minimum Gasteiger partial charge on any atom is -0.368 e. The number of rotatable bonds is 3. The van der Waals surface area contributed by atoms with E-state index in [4.69, 9.17) is 5.73 Å². The molecule has 1 aliphatic rings. The van der Waals surface area contributed by atoms with Gasteiger partial charge in [-0.25, -0.2) is 0 Å². The van der Waals surface area contributed by atoms with Crippen LogP contribution in [-0.4, -0.2) is 54.8 Å². The summed E-state index contributed by atoms with van der Waals surface area (Å²) in [5.41, 5.74) is 5.28. The van der Waals surface area contributed by atoms with Gasteiger partial charge in [-0.15, -0.1) is 0 Å². The lowest BCUT2D eigenvalue weighted by Crippen LogP contribution is -2.52. The first-order valence-corrected chi connectivity index (χ1v) is 5.26. The van der Waals surface area contributed by atoms with E-state index in [2.05, 4.69) is 0 Å². The standard InChI is InChI=1S/C10H19N3O2/c1-12(2)7-9(14)13-6-4-3-5-8(13)10(11)15/h8H,3-7H2,1-2H3,(H2,11,15)/t8-/m0/s1. The third kappa shape index (κ3) is 3.20. The second-order valence-electron chi connectivity index (χ2n) is 4.24. The van der Waals surface area contributed by atoms with E-state index in [0.717, 1.165) is 12.8 Å². The molecule has 1 saturated heterocycles. The van der Waals surface area contributed by atoms with E-state index in [-0.39, 0.29) is 11.8 Å². The Morgan fingerprint density at radius 3 is 2.60 bits per heavy atom. The van der Waals surface area contributed by atoms with Crippen LogP contribution in [0.2, 0.25) is 0 Å². The highest BCUT2D eigenvalue weighted by molar-refractivity contribution is 5.87. The molecule has 1 fully saturated rings. The summed E-state index contributed by atoms with van der Waals surface area (Å²) in [6.07, 6.45) is 2.64. The van der Waals surface area contributed by atoms with Crippen molar-refractivity contribution in [2.75, 3.05) is 27.2 Å². The lowest BCUT2D eigenvalue weighted by molar-refractivity contribution is -0.141. The quantitative estimate of drug-likeness (QED) is 0.681. The van der Waals surface area contributed by atoms with Gasteiger partial charge in [0.2, 0.25) is 11.8 Å². The van der Waals surface area contributed by atoms with Gasteiger partial charge in [0, 0.05) is 6.54 Å². The second-order valence-corrected chi connectivity index (χ2v) is 4.24. The smallest absolute Gasteiger partial charge is 0.240 e. The summed E-state index contributed by atoms with van der Waals surface area (Å²) < 4.78 is 0. The number of primary amides is 1. The lowest BCUT2D eigenvalue weighted by Gasteiger charge is -2.34. The van der Waals surface area contributed by atoms with E-state index >= 15 is 0 Å². The number of piperidine rings is 1. The van der Waals surface area contributed by atoms with Crippen molar-refractivity contribution in [3.63, 3.8) is 0 Å². The Bertz CT molecular complexity index is 253. The third-order valence-electron chi connectivity index (χ3n) is 2.60. The molecule has 0 spiro atoms. The molecule has 5 nitrogen and oxygen atoms in total. The fourth-order valence-corrected chi connectivity index (χ4v) is 1.89. The van der Waals surface area contributed by atoms with Gasteiger partial charge in [-0.2, -0.15) is 0 Å². The van der Waals surface area contributed by atoms with E-state index < -0.39 is 6.04 Å². The summed E-state index contributed by atoms with van der Waals surface area (Å²) in [6.45, 7) is 0.990. The largest absolute Gasteiger partial charge is 0.368 e. The Balaban J connectivity index is 2.63. The summed E-state index contributed by atoms with van der Waals surface area (Å²) in [4.78, 5) is 26.4. The molecule has 1 atom stereocenters. The molecule has 2 amide bonds. The monoisotopic (exact) mass is 213 g/mol. The number of nitrogens with zero attached hydrogens (tertiary/aromatic N) is 2. The van der Waals surface area contributed by atoms with Crippen molar-refractivity contribution in [3.8, 4) is 0 Å². The average molecular weight is 213 g/mol. The van der Waals surface area contributed by atoms with Crippen LogP contribution in [0.15, 0.2) is 0 Å². The minimum atomic E-state index is -0.397. The Hall–Kier alpha value is -1.10. The van der Waals surface area contributed by atoms with Crippen LogP contribution in [0.25, 0.3) is 0 Å². The molecule has 0 unspecified atom stereocenters. The molecule has 1 heterocycles. The number of nitrogens with two attached hydrogens (primary N) is 1. The van der Waals surface area contributed by atoms with E-state index in [1.54, 1.807) is 9.80 Å². The van der Waals surface area contributed by atoms with Crippen molar-refractivity contribution in [1.82, 2.24) is 9.80 Å². The molecule has 86 valence electrons. The van der Waals surface area contributed by atoms with Crippen molar-refractivity contribution in [3.05, 3.63) is 0 Å². The van der Waals surface area contributed by atoms with Crippen molar-refractivity contribution < 1.29 is 9.59 Å². The highest BCUT2D eigenvalue weighted by atomic mass is 16.2. The number of likely N-dealkylation sites (N-methyl/N-ethyl adjacent to an activating group) is 1. The number of hydrogen-bond acceptors (Lipinski definition) is 3. The fourth-order valence-electron chi connectivity index (χ4n) is 1.89. The molecule has 0 aromatic rings. The van der Waals surface area contributed by atoms with Gasteiger partial charge in [-0.1, -0.05) is 0 Å². The number of likely N-dealkylation sites (tertiary alicyclic amines) is 1. The maximum Gasteiger partial charge on any atom is 0.240 e.